The van der Waals surface area contributed by atoms with Crippen molar-refractivity contribution >= 4 is 11.6 Å². The van der Waals surface area contributed by atoms with Crippen LogP contribution in [0, 0.1) is 17.7 Å². The van der Waals surface area contributed by atoms with Crippen LogP contribution in [-0.2, 0) is 6.42 Å². The summed E-state index contributed by atoms with van der Waals surface area (Å²) >= 11 is 5.90. The molecule has 1 saturated carbocycles. The van der Waals surface area contributed by atoms with Gasteiger partial charge in [-0.05, 0) is 36.3 Å². The van der Waals surface area contributed by atoms with Gasteiger partial charge in [0.15, 0.2) is 11.6 Å². The Morgan fingerprint density at radius 3 is 2.61 bits per heavy atom. The van der Waals surface area contributed by atoms with E-state index in [2.05, 4.69) is 6.92 Å². The van der Waals surface area contributed by atoms with E-state index in [1.807, 2.05) is 0 Å². The molecule has 0 saturated heterocycles. The van der Waals surface area contributed by atoms with E-state index in [4.69, 9.17) is 11.6 Å². The monoisotopic (exact) mass is 270 g/mol. The molecule has 1 nitrogen and oxygen atoms in total. The largest absolute Gasteiger partial charge is 0.505 e. The van der Waals surface area contributed by atoms with Crippen molar-refractivity contribution in [2.75, 3.05) is 0 Å². The van der Waals surface area contributed by atoms with Gasteiger partial charge in [-0.2, -0.15) is 0 Å². The van der Waals surface area contributed by atoms with Crippen LogP contribution in [0.15, 0.2) is 12.1 Å². The van der Waals surface area contributed by atoms with Crippen LogP contribution in [0.25, 0.3) is 0 Å². The Balaban J connectivity index is 1.92. The Kier molecular flexibility index (Phi) is 4.50. The lowest BCUT2D eigenvalue weighted by atomic mass is 9.80. The molecular weight excluding hydrogens is 251 g/mol. The highest BCUT2D eigenvalue weighted by Crippen LogP contribution is 2.33. The molecule has 1 aliphatic carbocycles. The van der Waals surface area contributed by atoms with Crippen LogP contribution in [-0.4, -0.2) is 5.11 Å². The minimum atomic E-state index is -0.688. The van der Waals surface area contributed by atoms with Crippen LogP contribution in [0.2, 0.25) is 5.02 Å². The second kappa shape index (κ2) is 5.92. The molecule has 1 aromatic rings. The van der Waals surface area contributed by atoms with Crippen LogP contribution in [0.1, 0.15) is 44.6 Å². The Morgan fingerprint density at radius 1 is 1.28 bits per heavy atom. The first kappa shape index (κ1) is 13.7. The number of benzene rings is 1. The van der Waals surface area contributed by atoms with E-state index in [-0.39, 0.29) is 10.8 Å². The van der Waals surface area contributed by atoms with E-state index < -0.39 is 5.82 Å². The number of phenols is 1. The van der Waals surface area contributed by atoms with Gasteiger partial charge in [0, 0.05) is 0 Å². The molecule has 0 unspecified atom stereocenters. The molecular formula is C15H20ClFO. The smallest absolute Gasteiger partial charge is 0.183 e. The molecule has 0 aromatic heterocycles. The molecule has 0 heterocycles. The molecule has 2 rings (SSSR count). The van der Waals surface area contributed by atoms with Gasteiger partial charge in [0.2, 0.25) is 0 Å². The molecule has 0 atom stereocenters. The number of aromatic hydroxyl groups is 1. The van der Waals surface area contributed by atoms with Crippen molar-refractivity contribution in [3.8, 4) is 5.75 Å². The third-order valence-corrected chi connectivity index (χ3v) is 4.51. The summed E-state index contributed by atoms with van der Waals surface area (Å²) in [5.74, 6) is 0.548. The summed E-state index contributed by atoms with van der Waals surface area (Å²) in [5, 5.41) is 9.29. The predicted octanol–water partition coefficient (Wildman–Crippen LogP) is 4.94. The van der Waals surface area contributed by atoms with E-state index in [1.165, 1.54) is 31.7 Å². The van der Waals surface area contributed by atoms with Crippen molar-refractivity contribution in [2.24, 2.45) is 11.8 Å². The maximum absolute atomic E-state index is 13.4. The molecule has 1 aliphatic rings. The van der Waals surface area contributed by atoms with Crippen molar-refractivity contribution in [3.63, 3.8) is 0 Å². The van der Waals surface area contributed by atoms with Crippen LogP contribution in [0.3, 0.4) is 0 Å². The maximum Gasteiger partial charge on any atom is 0.183 e. The van der Waals surface area contributed by atoms with Crippen molar-refractivity contribution < 1.29 is 9.50 Å². The molecule has 1 fully saturated rings. The molecule has 1 N–H and O–H groups in total. The average molecular weight is 271 g/mol. The SMILES string of the molecule is CC1CCC(CCc2ccc(O)c(F)c2Cl)CC1. The Hall–Kier alpha value is -0.760. The first-order valence-electron chi connectivity index (χ1n) is 6.73. The van der Waals surface area contributed by atoms with Crippen LogP contribution in [0.4, 0.5) is 4.39 Å². The number of halogens is 2. The first-order chi connectivity index (χ1) is 8.58. The fourth-order valence-corrected chi connectivity index (χ4v) is 3.00. The lowest BCUT2D eigenvalue weighted by Gasteiger charge is -2.26. The van der Waals surface area contributed by atoms with Crippen molar-refractivity contribution in [1.82, 2.24) is 0 Å². The fraction of sp³-hybridized carbons (Fsp3) is 0.600. The molecule has 18 heavy (non-hydrogen) atoms. The zero-order chi connectivity index (χ0) is 13.1. The topological polar surface area (TPSA) is 20.2 Å². The minimum absolute atomic E-state index is 0.0826. The summed E-state index contributed by atoms with van der Waals surface area (Å²) in [5.41, 5.74) is 0.811. The van der Waals surface area contributed by atoms with Crippen LogP contribution < -0.4 is 0 Å². The predicted molar refractivity (Wildman–Crippen MR) is 72.5 cm³/mol. The summed E-state index contributed by atoms with van der Waals surface area (Å²) in [7, 11) is 0. The molecule has 0 spiro atoms. The summed E-state index contributed by atoms with van der Waals surface area (Å²) < 4.78 is 13.4. The first-order valence-corrected chi connectivity index (χ1v) is 7.11. The quantitative estimate of drug-likeness (QED) is 0.824. The number of aryl methyl sites for hydroxylation is 1. The second-order valence-electron chi connectivity index (χ2n) is 5.54. The average Bonchev–Trinajstić information content (AvgIpc) is 2.37. The van der Waals surface area contributed by atoms with Gasteiger partial charge in [0.25, 0.3) is 0 Å². The van der Waals surface area contributed by atoms with Gasteiger partial charge in [0.1, 0.15) is 0 Å². The van der Waals surface area contributed by atoms with Gasteiger partial charge in [-0.1, -0.05) is 50.3 Å². The van der Waals surface area contributed by atoms with Gasteiger partial charge < -0.3 is 5.11 Å². The molecule has 0 bridgehead atoms. The highest BCUT2D eigenvalue weighted by molar-refractivity contribution is 6.31. The van der Waals surface area contributed by atoms with Crippen molar-refractivity contribution in [2.45, 2.75) is 45.4 Å². The highest BCUT2D eigenvalue weighted by Gasteiger charge is 2.19. The third-order valence-electron chi connectivity index (χ3n) is 4.10. The van der Waals surface area contributed by atoms with Gasteiger partial charge in [-0.15, -0.1) is 0 Å². The lowest BCUT2D eigenvalue weighted by Crippen LogP contribution is -2.13. The Labute approximate surface area is 113 Å². The number of hydrogen-bond donors (Lipinski definition) is 1. The summed E-state index contributed by atoms with van der Waals surface area (Å²) in [4.78, 5) is 0. The number of hydrogen-bond acceptors (Lipinski definition) is 1. The maximum atomic E-state index is 13.4. The minimum Gasteiger partial charge on any atom is -0.505 e. The standard InChI is InChI=1S/C15H20ClFO/c1-10-2-4-11(5-3-10)6-7-12-8-9-13(18)15(17)14(12)16/h8-11,18H,2-7H2,1H3. The molecule has 0 radical (unpaired) electrons. The van der Waals surface area contributed by atoms with Gasteiger partial charge in [0.05, 0.1) is 5.02 Å². The number of phenolic OH excluding ortho intramolecular Hbond substituents is 1. The summed E-state index contributed by atoms with van der Waals surface area (Å²) in [6.45, 7) is 2.31. The van der Waals surface area contributed by atoms with E-state index in [0.717, 1.165) is 30.2 Å². The molecule has 0 aliphatic heterocycles. The van der Waals surface area contributed by atoms with Gasteiger partial charge in [-0.3, -0.25) is 0 Å². The van der Waals surface area contributed by atoms with E-state index in [1.54, 1.807) is 6.07 Å². The van der Waals surface area contributed by atoms with Crippen molar-refractivity contribution in [1.29, 1.82) is 0 Å². The summed E-state index contributed by atoms with van der Waals surface area (Å²) in [6.07, 6.45) is 7.04. The normalized spacial score (nSPS) is 24.2. The van der Waals surface area contributed by atoms with Crippen molar-refractivity contribution in [3.05, 3.63) is 28.5 Å². The Morgan fingerprint density at radius 2 is 1.94 bits per heavy atom. The second-order valence-corrected chi connectivity index (χ2v) is 5.91. The zero-order valence-corrected chi connectivity index (χ0v) is 11.5. The fourth-order valence-electron chi connectivity index (χ4n) is 2.75. The van der Waals surface area contributed by atoms with Crippen LogP contribution in [0.5, 0.6) is 5.75 Å². The van der Waals surface area contributed by atoms with Crippen LogP contribution >= 0.6 is 11.6 Å². The Bertz CT molecular complexity index is 411. The van der Waals surface area contributed by atoms with Gasteiger partial charge in [-0.25, -0.2) is 4.39 Å². The van der Waals surface area contributed by atoms with E-state index in [9.17, 15) is 9.50 Å². The molecule has 0 amide bonds. The molecule has 3 heteroatoms. The van der Waals surface area contributed by atoms with Gasteiger partial charge >= 0.3 is 0 Å². The third kappa shape index (κ3) is 3.17. The molecule has 100 valence electrons. The zero-order valence-electron chi connectivity index (χ0n) is 10.8. The molecule has 1 aromatic carbocycles. The summed E-state index contributed by atoms with van der Waals surface area (Å²) in [6, 6.07) is 3.12. The lowest BCUT2D eigenvalue weighted by molar-refractivity contribution is 0.277. The van der Waals surface area contributed by atoms with E-state index >= 15 is 0 Å². The number of rotatable bonds is 3. The van der Waals surface area contributed by atoms with E-state index in [0.29, 0.717) is 0 Å². The highest BCUT2D eigenvalue weighted by atomic mass is 35.5.